The maximum absolute atomic E-state index is 15.3. The van der Waals surface area contributed by atoms with Gasteiger partial charge in [-0.3, -0.25) is 0 Å². The molecule has 1 aromatic carbocycles. The van der Waals surface area contributed by atoms with Gasteiger partial charge in [0.2, 0.25) is 0 Å². The van der Waals surface area contributed by atoms with Crippen LogP contribution in [0.1, 0.15) is 23.3 Å². The van der Waals surface area contributed by atoms with Crippen molar-refractivity contribution in [3.05, 3.63) is 76.1 Å². The Morgan fingerprint density at radius 1 is 1.20 bits per heavy atom. The molecule has 0 N–H and O–H groups in total. The highest BCUT2D eigenvalue weighted by Crippen LogP contribution is 2.48. The Kier molecular flexibility index (Phi) is 8.13. The van der Waals surface area contributed by atoms with E-state index in [1.165, 1.54) is 18.4 Å². The molecular formula is C29H34F2N2O5SSi. The molecule has 40 heavy (non-hydrogen) atoms. The van der Waals surface area contributed by atoms with Crippen LogP contribution in [0.25, 0.3) is 20.5 Å². The van der Waals surface area contributed by atoms with Gasteiger partial charge in [0.15, 0.2) is 5.60 Å². The van der Waals surface area contributed by atoms with Crippen LogP contribution < -0.4 is 5.63 Å². The van der Waals surface area contributed by atoms with Crippen LogP contribution in [-0.4, -0.2) is 44.1 Å². The molecule has 0 bridgehead atoms. The van der Waals surface area contributed by atoms with Gasteiger partial charge >= 0.3 is 5.63 Å². The number of nitrogens with zero attached hydrogens (tertiary/aromatic N) is 2. The van der Waals surface area contributed by atoms with E-state index in [-0.39, 0.29) is 24.5 Å². The summed E-state index contributed by atoms with van der Waals surface area (Å²) in [5, 5.41) is 4.83. The normalized spacial score (nSPS) is 18.8. The Bertz CT molecular complexity index is 1530. The summed E-state index contributed by atoms with van der Waals surface area (Å²) in [6.07, 6.45) is 2.32. The molecule has 0 amide bonds. The molecule has 0 aliphatic heterocycles. The quantitative estimate of drug-likeness (QED) is 0.144. The topological polar surface area (TPSA) is 75.7 Å². The van der Waals surface area contributed by atoms with Crippen LogP contribution in [0.2, 0.25) is 25.7 Å². The second-order valence-electron chi connectivity index (χ2n) is 11.6. The molecule has 0 saturated heterocycles. The molecule has 1 atom stereocenters. The maximum Gasteiger partial charge on any atom is 0.354 e. The van der Waals surface area contributed by atoms with Crippen LogP contribution in [0.15, 0.2) is 58.0 Å². The number of rotatable bonds is 11. The lowest BCUT2D eigenvalue weighted by Crippen LogP contribution is -2.46. The van der Waals surface area contributed by atoms with E-state index < -0.39 is 38.1 Å². The molecule has 214 valence electrons. The third kappa shape index (κ3) is 6.28. The highest BCUT2D eigenvalue weighted by Gasteiger charge is 2.53. The maximum atomic E-state index is 15.3. The van der Waals surface area contributed by atoms with E-state index in [1.54, 1.807) is 16.9 Å². The first-order valence-corrected chi connectivity index (χ1v) is 17.8. The SMILES string of the molecule is COCC1(OCc2ccccc2)CC(F)(F)Cc2c1oc(=O)c1sc(-c3cnn(COCC[Si](C)(C)C)c3)cc21. The van der Waals surface area contributed by atoms with E-state index in [4.69, 9.17) is 18.6 Å². The minimum Gasteiger partial charge on any atom is -0.423 e. The van der Waals surface area contributed by atoms with Gasteiger partial charge < -0.3 is 18.6 Å². The zero-order valence-electron chi connectivity index (χ0n) is 23.2. The molecule has 0 fully saturated rings. The molecule has 5 rings (SSSR count). The van der Waals surface area contributed by atoms with Gasteiger partial charge in [-0.25, -0.2) is 18.3 Å². The lowest BCUT2D eigenvalue weighted by molar-refractivity contribution is -0.177. The predicted molar refractivity (Wildman–Crippen MR) is 154 cm³/mol. The molecule has 11 heteroatoms. The van der Waals surface area contributed by atoms with Gasteiger partial charge in [0.1, 0.15) is 17.2 Å². The number of hydrogen-bond acceptors (Lipinski definition) is 7. The first-order valence-electron chi connectivity index (χ1n) is 13.2. The number of alkyl halides is 2. The third-order valence-electron chi connectivity index (χ3n) is 6.98. The highest BCUT2D eigenvalue weighted by molar-refractivity contribution is 7.22. The Morgan fingerprint density at radius 3 is 2.70 bits per heavy atom. The predicted octanol–water partition coefficient (Wildman–Crippen LogP) is 6.67. The van der Waals surface area contributed by atoms with Crippen molar-refractivity contribution in [1.29, 1.82) is 0 Å². The number of fused-ring (bicyclic) bond motifs is 3. The van der Waals surface area contributed by atoms with E-state index in [0.717, 1.165) is 22.0 Å². The number of aromatic nitrogens is 2. The summed E-state index contributed by atoms with van der Waals surface area (Å²) < 4.78 is 55.8. The summed E-state index contributed by atoms with van der Waals surface area (Å²) >= 11 is 1.21. The van der Waals surface area contributed by atoms with Crippen molar-refractivity contribution in [3.63, 3.8) is 0 Å². The molecule has 7 nitrogen and oxygen atoms in total. The standard InChI is InChI=1S/C29H34F2N2O5SSi/c1-35-18-28(37-16-20-8-6-5-7-9-20)17-29(30,31)13-23-22-12-24(39-25(22)27(34)38-26(23)28)21-14-32-33(15-21)19-36-10-11-40(2,3)4/h5-9,12,14-15H,10-11,13,16-19H2,1-4H3. The Balaban J connectivity index is 1.48. The summed E-state index contributed by atoms with van der Waals surface area (Å²) in [6, 6.07) is 12.1. The number of thiophene rings is 1. The van der Waals surface area contributed by atoms with E-state index in [1.807, 2.05) is 36.5 Å². The van der Waals surface area contributed by atoms with Crippen molar-refractivity contribution in [1.82, 2.24) is 9.78 Å². The summed E-state index contributed by atoms with van der Waals surface area (Å²) in [4.78, 5) is 13.9. The molecule has 1 unspecified atom stereocenters. The molecule has 0 radical (unpaired) electrons. The number of halogens is 2. The summed E-state index contributed by atoms with van der Waals surface area (Å²) in [6.45, 7) is 7.76. The van der Waals surface area contributed by atoms with Crippen LogP contribution in [0.3, 0.4) is 0 Å². The van der Waals surface area contributed by atoms with E-state index in [2.05, 4.69) is 24.7 Å². The smallest absolute Gasteiger partial charge is 0.354 e. The molecular weight excluding hydrogens is 554 g/mol. The van der Waals surface area contributed by atoms with Crippen LogP contribution >= 0.6 is 11.3 Å². The number of methoxy groups -OCH3 is 1. The Hall–Kier alpha value is -2.70. The van der Waals surface area contributed by atoms with Crippen molar-refractivity contribution < 1.29 is 27.4 Å². The molecule has 1 aliphatic carbocycles. The van der Waals surface area contributed by atoms with Gasteiger partial charge in [-0.15, -0.1) is 11.3 Å². The second-order valence-corrected chi connectivity index (χ2v) is 18.3. The largest absolute Gasteiger partial charge is 0.423 e. The zero-order valence-corrected chi connectivity index (χ0v) is 25.0. The van der Waals surface area contributed by atoms with E-state index >= 15 is 8.78 Å². The van der Waals surface area contributed by atoms with Gasteiger partial charge in [0.05, 0.1) is 25.8 Å². The average molecular weight is 589 g/mol. The van der Waals surface area contributed by atoms with Gasteiger partial charge in [0, 0.05) is 55.8 Å². The molecule has 3 aromatic heterocycles. The first kappa shape index (κ1) is 28.8. The van der Waals surface area contributed by atoms with Gasteiger partial charge in [0.25, 0.3) is 5.92 Å². The monoisotopic (exact) mass is 588 g/mol. The minimum absolute atomic E-state index is 0.0650. The van der Waals surface area contributed by atoms with Crippen molar-refractivity contribution in [2.75, 3.05) is 20.3 Å². The van der Waals surface area contributed by atoms with E-state index in [9.17, 15) is 4.79 Å². The van der Waals surface area contributed by atoms with Crippen molar-refractivity contribution in [2.45, 2.75) is 63.4 Å². The molecule has 3 heterocycles. The minimum atomic E-state index is -3.09. The fourth-order valence-corrected chi connectivity index (χ4v) is 6.79. The summed E-state index contributed by atoms with van der Waals surface area (Å²) in [7, 11) is 0.232. The van der Waals surface area contributed by atoms with Crippen LogP contribution in [0.4, 0.5) is 8.78 Å². The van der Waals surface area contributed by atoms with Crippen LogP contribution in [-0.2, 0) is 39.6 Å². The van der Waals surface area contributed by atoms with Gasteiger partial charge in [-0.2, -0.15) is 5.10 Å². The average Bonchev–Trinajstić information content (AvgIpc) is 3.54. The summed E-state index contributed by atoms with van der Waals surface area (Å²) in [5.74, 6) is -2.97. The molecule has 0 saturated carbocycles. The van der Waals surface area contributed by atoms with Gasteiger partial charge in [-0.05, 0) is 17.7 Å². The Labute approximate surface area is 236 Å². The molecule has 1 aliphatic rings. The van der Waals surface area contributed by atoms with Crippen LogP contribution in [0, 0.1) is 0 Å². The van der Waals surface area contributed by atoms with Gasteiger partial charge in [-0.1, -0.05) is 50.0 Å². The molecule has 0 spiro atoms. The summed E-state index contributed by atoms with van der Waals surface area (Å²) in [5.41, 5.74) is -0.332. The lowest BCUT2D eigenvalue weighted by atomic mass is 9.80. The molecule has 4 aromatic rings. The highest BCUT2D eigenvalue weighted by atomic mass is 32.1. The van der Waals surface area contributed by atoms with Crippen molar-refractivity contribution in [2.24, 2.45) is 0 Å². The number of benzene rings is 1. The van der Waals surface area contributed by atoms with Crippen molar-refractivity contribution >= 4 is 29.5 Å². The fourth-order valence-electron chi connectivity index (χ4n) is 5.00. The number of hydrogen-bond donors (Lipinski definition) is 0. The van der Waals surface area contributed by atoms with Crippen molar-refractivity contribution in [3.8, 4) is 10.4 Å². The second kappa shape index (κ2) is 11.3. The third-order valence-corrected chi connectivity index (χ3v) is 9.85. The van der Waals surface area contributed by atoms with Crippen LogP contribution in [0.5, 0.6) is 0 Å². The van der Waals surface area contributed by atoms with E-state index in [0.29, 0.717) is 23.4 Å². The zero-order chi connectivity index (χ0) is 28.5. The lowest BCUT2D eigenvalue weighted by Gasteiger charge is -2.40. The fraction of sp³-hybridized carbons (Fsp3) is 0.448. The Morgan fingerprint density at radius 2 is 1.98 bits per heavy atom. The number of ether oxygens (including phenoxy) is 3. The first-order chi connectivity index (χ1) is 19.0.